The fourth-order valence-electron chi connectivity index (χ4n) is 3.60. The summed E-state index contributed by atoms with van der Waals surface area (Å²) >= 11 is 0. The van der Waals surface area contributed by atoms with E-state index in [1.807, 2.05) is 0 Å². The maximum Gasteiger partial charge on any atom is 0.00111 e. The molecule has 0 bridgehead atoms. The van der Waals surface area contributed by atoms with Gasteiger partial charge in [-0.1, -0.05) is 62.9 Å². The van der Waals surface area contributed by atoms with Gasteiger partial charge in [0, 0.05) is 6.54 Å². The Morgan fingerprint density at radius 3 is 2.55 bits per heavy atom. The summed E-state index contributed by atoms with van der Waals surface area (Å²) in [7, 11) is 0. The van der Waals surface area contributed by atoms with Crippen molar-refractivity contribution in [1.82, 2.24) is 5.32 Å². The third-order valence-corrected chi connectivity index (χ3v) is 4.63. The Balaban J connectivity index is 2.02. The molecule has 1 aliphatic carbocycles. The van der Waals surface area contributed by atoms with Crippen molar-refractivity contribution in [3.8, 4) is 0 Å². The zero-order chi connectivity index (χ0) is 14.4. The minimum Gasteiger partial charge on any atom is -0.316 e. The second kappa shape index (κ2) is 7.26. The molecular weight excluding hydrogens is 242 g/mol. The fourth-order valence-corrected chi connectivity index (χ4v) is 3.60. The van der Waals surface area contributed by atoms with E-state index in [0.29, 0.717) is 5.41 Å². The topological polar surface area (TPSA) is 12.0 Å². The molecule has 0 amide bonds. The van der Waals surface area contributed by atoms with Crippen molar-refractivity contribution < 1.29 is 0 Å². The van der Waals surface area contributed by atoms with Crippen LogP contribution in [0.1, 0.15) is 57.1 Å². The highest BCUT2D eigenvalue weighted by molar-refractivity contribution is 5.23. The van der Waals surface area contributed by atoms with Crippen molar-refractivity contribution in [3.05, 3.63) is 35.4 Å². The summed E-state index contributed by atoms with van der Waals surface area (Å²) in [4.78, 5) is 0. The monoisotopic (exact) mass is 273 g/mol. The molecule has 1 saturated carbocycles. The molecule has 112 valence electrons. The van der Waals surface area contributed by atoms with Crippen LogP contribution < -0.4 is 5.32 Å². The smallest absolute Gasteiger partial charge is 0.00111 e. The predicted octanol–water partition coefficient (Wildman–Crippen LogP) is 4.73. The van der Waals surface area contributed by atoms with E-state index < -0.39 is 0 Å². The second-order valence-electron chi connectivity index (χ2n) is 7.25. The normalized spacial score (nSPS) is 18.4. The highest BCUT2D eigenvalue weighted by Crippen LogP contribution is 2.38. The average molecular weight is 273 g/mol. The third kappa shape index (κ3) is 4.63. The van der Waals surface area contributed by atoms with Crippen molar-refractivity contribution >= 4 is 0 Å². The Labute approximate surface area is 125 Å². The maximum atomic E-state index is 3.73. The first-order valence-corrected chi connectivity index (χ1v) is 8.36. The van der Waals surface area contributed by atoms with Crippen LogP contribution in [0.2, 0.25) is 0 Å². The number of rotatable bonds is 6. The highest BCUT2D eigenvalue weighted by Gasteiger charge is 2.31. The lowest BCUT2D eigenvalue weighted by atomic mass is 9.70. The first-order valence-electron chi connectivity index (χ1n) is 8.36. The van der Waals surface area contributed by atoms with Crippen LogP contribution in [-0.4, -0.2) is 13.1 Å². The molecule has 1 N–H and O–H groups in total. The van der Waals surface area contributed by atoms with Crippen LogP contribution in [0.25, 0.3) is 0 Å². The summed E-state index contributed by atoms with van der Waals surface area (Å²) in [5.41, 5.74) is 3.42. The van der Waals surface area contributed by atoms with E-state index in [1.54, 1.807) is 0 Å². The summed E-state index contributed by atoms with van der Waals surface area (Å²) in [5, 5.41) is 3.73. The van der Waals surface area contributed by atoms with Crippen molar-refractivity contribution in [3.63, 3.8) is 0 Å². The largest absolute Gasteiger partial charge is 0.316 e. The Bertz CT molecular complexity index is 402. The lowest BCUT2D eigenvalue weighted by Crippen LogP contribution is -2.39. The lowest BCUT2D eigenvalue weighted by molar-refractivity contribution is 0.179. The van der Waals surface area contributed by atoms with Gasteiger partial charge in [-0.15, -0.1) is 0 Å². The second-order valence-corrected chi connectivity index (χ2v) is 7.25. The van der Waals surface area contributed by atoms with E-state index in [2.05, 4.69) is 50.4 Å². The van der Waals surface area contributed by atoms with Gasteiger partial charge in [-0.05, 0) is 49.6 Å². The third-order valence-electron chi connectivity index (χ3n) is 4.63. The maximum absolute atomic E-state index is 3.73. The van der Waals surface area contributed by atoms with Crippen molar-refractivity contribution in [1.29, 1.82) is 0 Å². The number of hydrogen-bond donors (Lipinski definition) is 1. The Morgan fingerprint density at radius 1 is 1.15 bits per heavy atom. The van der Waals surface area contributed by atoms with Gasteiger partial charge in [0.15, 0.2) is 0 Å². The van der Waals surface area contributed by atoms with Crippen LogP contribution in [0, 0.1) is 18.3 Å². The van der Waals surface area contributed by atoms with Crippen LogP contribution in [-0.2, 0) is 6.42 Å². The van der Waals surface area contributed by atoms with E-state index in [4.69, 9.17) is 0 Å². The minimum absolute atomic E-state index is 0.501. The number of nitrogens with one attached hydrogen (secondary N) is 1. The van der Waals surface area contributed by atoms with Crippen molar-refractivity contribution in [2.45, 2.75) is 59.3 Å². The van der Waals surface area contributed by atoms with E-state index in [-0.39, 0.29) is 0 Å². The SMILES string of the molecule is Cc1cccc(CC2(CNCC(C)C)CCCCC2)c1. The summed E-state index contributed by atoms with van der Waals surface area (Å²) in [6.07, 6.45) is 8.29. The zero-order valence-corrected chi connectivity index (χ0v) is 13.5. The van der Waals surface area contributed by atoms with Gasteiger partial charge in [0.2, 0.25) is 0 Å². The fraction of sp³-hybridized carbons (Fsp3) is 0.684. The zero-order valence-electron chi connectivity index (χ0n) is 13.5. The van der Waals surface area contributed by atoms with Crippen LogP contribution in [0.5, 0.6) is 0 Å². The molecule has 1 aromatic rings. The van der Waals surface area contributed by atoms with Gasteiger partial charge in [0.05, 0.1) is 0 Å². The molecule has 1 nitrogen and oxygen atoms in total. The van der Waals surface area contributed by atoms with Gasteiger partial charge in [-0.25, -0.2) is 0 Å². The van der Waals surface area contributed by atoms with Crippen LogP contribution in [0.3, 0.4) is 0 Å². The Kier molecular flexibility index (Phi) is 5.65. The van der Waals surface area contributed by atoms with Crippen molar-refractivity contribution in [2.24, 2.45) is 11.3 Å². The molecule has 0 aromatic heterocycles. The standard InChI is InChI=1S/C19H31N/c1-16(2)14-20-15-19(10-5-4-6-11-19)13-18-9-7-8-17(3)12-18/h7-9,12,16,20H,4-6,10-11,13-15H2,1-3H3. The first kappa shape index (κ1) is 15.6. The molecule has 2 rings (SSSR count). The van der Waals surface area contributed by atoms with Crippen LogP contribution in [0.15, 0.2) is 24.3 Å². The highest BCUT2D eigenvalue weighted by atomic mass is 14.9. The Hall–Kier alpha value is -0.820. The van der Waals surface area contributed by atoms with Gasteiger partial charge in [0.25, 0.3) is 0 Å². The number of aryl methyl sites for hydroxylation is 1. The van der Waals surface area contributed by atoms with E-state index in [0.717, 1.165) is 12.5 Å². The quantitative estimate of drug-likeness (QED) is 0.790. The summed E-state index contributed by atoms with van der Waals surface area (Å²) in [6, 6.07) is 9.10. The molecule has 0 unspecified atom stereocenters. The van der Waals surface area contributed by atoms with Gasteiger partial charge in [-0.3, -0.25) is 0 Å². The van der Waals surface area contributed by atoms with E-state index in [9.17, 15) is 0 Å². The molecule has 0 saturated heterocycles. The van der Waals surface area contributed by atoms with Gasteiger partial charge in [0.1, 0.15) is 0 Å². The molecule has 0 aliphatic heterocycles. The van der Waals surface area contributed by atoms with E-state index >= 15 is 0 Å². The molecule has 0 spiro atoms. The average Bonchev–Trinajstić information content (AvgIpc) is 2.39. The minimum atomic E-state index is 0.501. The summed E-state index contributed by atoms with van der Waals surface area (Å²) in [6.45, 7) is 9.13. The summed E-state index contributed by atoms with van der Waals surface area (Å²) < 4.78 is 0. The van der Waals surface area contributed by atoms with Crippen molar-refractivity contribution in [2.75, 3.05) is 13.1 Å². The summed E-state index contributed by atoms with van der Waals surface area (Å²) in [5.74, 6) is 0.745. The molecule has 0 atom stereocenters. The lowest BCUT2D eigenvalue weighted by Gasteiger charge is -2.38. The van der Waals surface area contributed by atoms with E-state index in [1.165, 1.54) is 56.2 Å². The molecule has 0 radical (unpaired) electrons. The predicted molar refractivity (Wildman–Crippen MR) is 88.1 cm³/mol. The van der Waals surface area contributed by atoms with Crippen LogP contribution in [0.4, 0.5) is 0 Å². The van der Waals surface area contributed by atoms with Gasteiger partial charge < -0.3 is 5.32 Å². The van der Waals surface area contributed by atoms with Gasteiger partial charge in [-0.2, -0.15) is 0 Å². The van der Waals surface area contributed by atoms with Crippen LogP contribution >= 0.6 is 0 Å². The molecule has 1 heteroatoms. The molecule has 20 heavy (non-hydrogen) atoms. The Morgan fingerprint density at radius 2 is 1.90 bits per heavy atom. The molecule has 1 aliphatic rings. The van der Waals surface area contributed by atoms with Gasteiger partial charge >= 0.3 is 0 Å². The number of hydrogen-bond acceptors (Lipinski definition) is 1. The molecule has 0 heterocycles. The first-order chi connectivity index (χ1) is 9.60. The molecular formula is C19H31N. The molecule has 1 aromatic carbocycles. The number of benzene rings is 1. The molecule has 1 fully saturated rings.